The van der Waals surface area contributed by atoms with Crippen molar-refractivity contribution >= 4 is 23.1 Å². The molecular formula is C26H37N3O4. The number of likely N-dealkylation sites (tertiary alicyclic amines) is 1. The van der Waals surface area contributed by atoms with E-state index in [4.69, 9.17) is 24.4 Å². The Hall–Kier alpha value is -2.54. The van der Waals surface area contributed by atoms with Crippen LogP contribution in [0.4, 0.5) is 5.69 Å². The lowest BCUT2D eigenvalue weighted by atomic mass is 10.0. The van der Waals surface area contributed by atoms with Crippen LogP contribution in [-0.4, -0.2) is 60.9 Å². The molecule has 1 saturated heterocycles. The Labute approximate surface area is 196 Å². The summed E-state index contributed by atoms with van der Waals surface area (Å²) in [7, 11) is 1.74. The molecule has 7 heteroatoms. The molecule has 1 saturated carbocycles. The normalized spacial score (nSPS) is 18.1. The van der Waals surface area contributed by atoms with Gasteiger partial charge in [0.1, 0.15) is 0 Å². The fourth-order valence-corrected chi connectivity index (χ4v) is 5.46. The molecule has 2 aromatic rings. The summed E-state index contributed by atoms with van der Waals surface area (Å²) in [5, 5.41) is 12.0. The van der Waals surface area contributed by atoms with Crippen LogP contribution in [0.25, 0.3) is 10.9 Å². The van der Waals surface area contributed by atoms with E-state index in [2.05, 4.69) is 22.3 Å². The highest BCUT2D eigenvalue weighted by Crippen LogP contribution is 2.40. The van der Waals surface area contributed by atoms with E-state index in [0.29, 0.717) is 6.04 Å². The molecule has 2 fully saturated rings. The minimum atomic E-state index is -0.250. The minimum Gasteiger partial charge on any atom is -0.493 e. The van der Waals surface area contributed by atoms with Crippen molar-refractivity contribution < 1.29 is 19.4 Å². The SMILES string of the molecule is COc1cc2c(NC3CCCC3)c3c(nc2cc1OCCCN1CCCC1)CCC3.O=CO. The van der Waals surface area contributed by atoms with Crippen molar-refractivity contribution in [1.82, 2.24) is 9.88 Å². The maximum Gasteiger partial charge on any atom is 0.290 e. The molecule has 2 N–H and O–H groups in total. The molecule has 0 spiro atoms. The zero-order chi connectivity index (χ0) is 23.0. The number of hydrogen-bond donors (Lipinski definition) is 2. The summed E-state index contributed by atoms with van der Waals surface area (Å²) in [5.74, 6) is 1.64. The molecule has 1 aromatic carbocycles. The minimum absolute atomic E-state index is 0.250. The van der Waals surface area contributed by atoms with Crippen LogP contribution in [0.3, 0.4) is 0 Å². The van der Waals surface area contributed by atoms with Gasteiger partial charge < -0.3 is 24.8 Å². The van der Waals surface area contributed by atoms with Gasteiger partial charge in [-0.05, 0) is 76.1 Å². The number of pyridine rings is 1. The highest BCUT2D eigenvalue weighted by molar-refractivity contribution is 5.96. The van der Waals surface area contributed by atoms with Crippen molar-refractivity contribution in [3.8, 4) is 11.5 Å². The molecule has 33 heavy (non-hydrogen) atoms. The molecule has 1 aromatic heterocycles. The number of fused-ring (bicyclic) bond motifs is 2. The number of rotatable bonds is 8. The van der Waals surface area contributed by atoms with E-state index < -0.39 is 0 Å². The summed E-state index contributed by atoms with van der Waals surface area (Å²) in [6, 6.07) is 4.84. The lowest BCUT2D eigenvalue weighted by Crippen LogP contribution is -2.22. The number of carbonyl (C=O) groups is 1. The molecule has 0 amide bonds. The quantitative estimate of drug-likeness (QED) is 0.443. The van der Waals surface area contributed by atoms with Gasteiger partial charge in [-0.2, -0.15) is 0 Å². The molecule has 1 aliphatic heterocycles. The third-order valence-corrected chi connectivity index (χ3v) is 7.08. The fourth-order valence-electron chi connectivity index (χ4n) is 5.46. The Balaban J connectivity index is 0.000000821. The third kappa shape index (κ3) is 5.69. The van der Waals surface area contributed by atoms with Crippen LogP contribution in [0.5, 0.6) is 11.5 Å². The number of benzene rings is 1. The maximum absolute atomic E-state index is 8.36. The van der Waals surface area contributed by atoms with Crippen molar-refractivity contribution in [2.75, 3.05) is 38.7 Å². The summed E-state index contributed by atoms with van der Waals surface area (Å²) in [5.41, 5.74) is 5.04. The van der Waals surface area contributed by atoms with E-state index in [0.717, 1.165) is 49.4 Å². The monoisotopic (exact) mass is 455 g/mol. The zero-order valence-corrected chi connectivity index (χ0v) is 19.8. The van der Waals surface area contributed by atoms with E-state index in [1.54, 1.807) is 7.11 Å². The number of ether oxygens (including phenoxy) is 2. The van der Waals surface area contributed by atoms with Crippen molar-refractivity contribution in [3.05, 3.63) is 23.4 Å². The first-order valence-corrected chi connectivity index (χ1v) is 12.5. The predicted octanol–water partition coefficient (Wildman–Crippen LogP) is 4.65. The Morgan fingerprint density at radius 2 is 1.88 bits per heavy atom. The molecule has 7 nitrogen and oxygen atoms in total. The van der Waals surface area contributed by atoms with Crippen LogP contribution in [0.1, 0.15) is 62.6 Å². The predicted molar refractivity (Wildman–Crippen MR) is 131 cm³/mol. The first kappa shape index (κ1) is 23.6. The maximum atomic E-state index is 8.36. The summed E-state index contributed by atoms with van der Waals surface area (Å²) >= 11 is 0. The number of carboxylic acid groups (broad SMARTS) is 1. The Kier molecular flexibility index (Phi) is 8.26. The van der Waals surface area contributed by atoms with Gasteiger partial charge in [0.2, 0.25) is 0 Å². The molecule has 3 aliphatic rings. The van der Waals surface area contributed by atoms with Crippen LogP contribution >= 0.6 is 0 Å². The van der Waals surface area contributed by atoms with Gasteiger partial charge in [0.15, 0.2) is 11.5 Å². The molecule has 5 rings (SSSR count). The van der Waals surface area contributed by atoms with Crippen LogP contribution in [-0.2, 0) is 17.6 Å². The van der Waals surface area contributed by atoms with Crippen LogP contribution < -0.4 is 14.8 Å². The van der Waals surface area contributed by atoms with Crippen molar-refractivity contribution in [2.24, 2.45) is 0 Å². The molecule has 180 valence electrons. The number of nitrogens with zero attached hydrogens (tertiary/aromatic N) is 2. The summed E-state index contributed by atoms with van der Waals surface area (Å²) in [6.45, 7) is 4.07. The van der Waals surface area contributed by atoms with Gasteiger partial charge in [0.05, 0.1) is 19.2 Å². The fraction of sp³-hybridized carbons (Fsp3) is 0.615. The number of hydrogen-bond acceptors (Lipinski definition) is 6. The summed E-state index contributed by atoms with van der Waals surface area (Å²) in [6.07, 6.45) is 12.4. The van der Waals surface area contributed by atoms with Crippen LogP contribution in [0.15, 0.2) is 12.1 Å². The second kappa shape index (κ2) is 11.5. The summed E-state index contributed by atoms with van der Waals surface area (Å²) < 4.78 is 11.9. The Bertz CT molecular complexity index is 937. The molecule has 0 atom stereocenters. The van der Waals surface area contributed by atoms with Crippen LogP contribution in [0, 0.1) is 0 Å². The van der Waals surface area contributed by atoms with E-state index in [9.17, 15) is 0 Å². The number of aromatic nitrogens is 1. The highest BCUT2D eigenvalue weighted by atomic mass is 16.5. The zero-order valence-electron chi connectivity index (χ0n) is 19.8. The number of nitrogens with one attached hydrogen (secondary N) is 1. The van der Waals surface area contributed by atoms with Gasteiger partial charge in [-0.15, -0.1) is 0 Å². The van der Waals surface area contributed by atoms with Crippen LogP contribution in [0.2, 0.25) is 0 Å². The lowest BCUT2D eigenvalue weighted by molar-refractivity contribution is -0.122. The molecule has 0 bridgehead atoms. The molecule has 0 radical (unpaired) electrons. The average Bonchev–Trinajstić information content (AvgIpc) is 3.59. The van der Waals surface area contributed by atoms with Gasteiger partial charge in [-0.3, -0.25) is 9.78 Å². The largest absolute Gasteiger partial charge is 0.493 e. The van der Waals surface area contributed by atoms with Gasteiger partial charge in [-0.1, -0.05) is 12.8 Å². The third-order valence-electron chi connectivity index (χ3n) is 7.08. The van der Waals surface area contributed by atoms with Gasteiger partial charge >= 0.3 is 0 Å². The van der Waals surface area contributed by atoms with E-state index in [1.165, 1.54) is 80.4 Å². The Morgan fingerprint density at radius 3 is 2.61 bits per heavy atom. The van der Waals surface area contributed by atoms with E-state index in [1.807, 2.05) is 0 Å². The standard InChI is InChI=1S/C25H35N3O2.CH2O2/c1-29-23-16-20-22(17-24(23)30-15-7-14-28-12-4-5-13-28)27-21-11-6-10-19(21)25(20)26-18-8-2-3-9-18;2-1-3/h16-18H,2-15H2,1H3,(H,26,27);1H,(H,2,3). The number of anilines is 1. The smallest absolute Gasteiger partial charge is 0.290 e. The van der Waals surface area contributed by atoms with Gasteiger partial charge in [0, 0.05) is 35.4 Å². The first-order valence-electron chi connectivity index (χ1n) is 12.5. The summed E-state index contributed by atoms with van der Waals surface area (Å²) in [4.78, 5) is 15.9. The van der Waals surface area contributed by atoms with E-state index >= 15 is 0 Å². The van der Waals surface area contributed by atoms with Crippen molar-refractivity contribution in [3.63, 3.8) is 0 Å². The van der Waals surface area contributed by atoms with E-state index in [-0.39, 0.29) is 6.47 Å². The Morgan fingerprint density at radius 1 is 1.12 bits per heavy atom. The topological polar surface area (TPSA) is 83.9 Å². The molecule has 2 heterocycles. The molecule has 0 unspecified atom stereocenters. The second-order valence-electron chi connectivity index (χ2n) is 9.27. The molecule has 2 aliphatic carbocycles. The van der Waals surface area contributed by atoms with Gasteiger partial charge in [0.25, 0.3) is 6.47 Å². The molecular weight excluding hydrogens is 418 g/mol. The van der Waals surface area contributed by atoms with Crippen molar-refractivity contribution in [1.29, 1.82) is 0 Å². The number of methoxy groups -OCH3 is 1. The lowest BCUT2D eigenvalue weighted by Gasteiger charge is -2.20. The highest BCUT2D eigenvalue weighted by Gasteiger charge is 2.24. The second-order valence-corrected chi connectivity index (χ2v) is 9.27. The first-order chi connectivity index (χ1) is 16.2. The van der Waals surface area contributed by atoms with Crippen molar-refractivity contribution in [2.45, 2.75) is 70.3 Å². The number of aryl methyl sites for hydroxylation is 1. The van der Waals surface area contributed by atoms with Gasteiger partial charge in [-0.25, -0.2) is 0 Å². The average molecular weight is 456 g/mol.